The minimum Gasteiger partial charge on any atom is -0.505 e. The second-order valence-corrected chi connectivity index (χ2v) is 10.6. The van der Waals surface area contributed by atoms with Gasteiger partial charge in [0.15, 0.2) is 11.5 Å². The number of aliphatic hydroxyl groups is 1. The minimum atomic E-state index is -3.86. The number of rotatable bonds is 8. The number of hydrogen-bond donors (Lipinski definition) is 3. The largest absolute Gasteiger partial charge is 0.505 e. The predicted octanol–water partition coefficient (Wildman–Crippen LogP) is 6.60. The first kappa shape index (κ1) is 26.7. The summed E-state index contributed by atoms with van der Waals surface area (Å²) in [6.45, 7) is 1.63. The van der Waals surface area contributed by atoms with Crippen LogP contribution in [0.1, 0.15) is 11.1 Å². The highest BCUT2D eigenvalue weighted by atomic mass is 79.9. The third-order valence-electron chi connectivity index (χ3n) is 5.22. The van der Waals surface area contributed by atoms with Crippen molar-refractivity contribution in [1.29, 1.82) is 0 Å². The molecule has 192 valence electrons. The van der Waals surface area contributed by atoms with Crippen LogP contribution in [0, 0.1) is 6.92 Å². The molecule has 0 aliphatic rings. The Balaban J connectivity index is 1.62. The number of azo groups is 1. The van der Waals surface area contributed by atoms with Crippen molar-refractivity contribution in [3.63, 3.8) is 0 Å². The number of aryl methyl sites for hydroxylation is 1. The summed E-state index contributed by atoms with van der Waals surface area (Å²) in [7, 11) is -3.86. The summed E-state index contributed by atoms with van der Waals surface area (Å²) in [6, 6.07) is 22.9. The average molecular weight is 592 g/mol. The molecule has 0 spiro atoms. The molecule has 3 aromatic carbocycles. The molecule has 0 aliphatic heterocycles. The number of aliphatic hydroxyl groups excluding tert-OH is 1. The number of carbonyl (C=O) groups is 1. The van der Waals surface area contributed by atoms with E-state index in [1.165, 1.54) is 24.4 Å². The monoisotopic (exact) mass is 591 g/mol. The quantitative estimate of drug-likeness (QED) is 0.120. The Hall–Kier alpha value is -4.35. The molecule has 0 aliphatic carbocycles. The van der Waals surface area contributed by atoms with Crippen LogP contribution in [0.25, 0.3) is 5.76 Å². The van der Waals surface area contributed by atoms with Crippen molar-refractivity contribution in [3.8, 4) is 0 Å². The van der Waals surface area contributed by atoms with Gasteiger partial charge in [0, 0.05) is 21.9 Å². The number of aromatic nitrogens is 1. The molecule has 0 unspecified atom stereocenters. The number of hydrogen-bond acceptors (Lipinski definition) is 7. The highest BCUT2D eigenvalue weighted by Gasteiger charge is 2.19. The second kappa shape index (κ2) is 11.8. The van der Waals surface area contributed by atoms with Gasteiger partial charge in [-0.05, 0) is 67.1 Å². The van der Waals surface area contributed by atoms with E-state index < -0.39 is 15.9 Å². The lowest BCUT2D eigenvalue weighted by Crippen LogP contribution is -2.15. The fourth-order valence-electron chi connectivity index (χ4n) is 3.39. The van der Waals surface area contributed by atoms with Crippen LogP contribution in [0.3, 0.4) is 0 Å². The van der Waals surface area contributed by atoms with Gasteiger partial charge in [-0.1, -0.05) is 46.3 Å². The number of pyridine rings is 1. The van der Waals surface area contributed by atoms with E-state index in [9.17, 15) is 18.3 Å². The van der Waals surface area contributed by atoms with Crippen molar-refractivity contribution in [1.82, 2.24) is 4.98 Å². The van der Waals surface area contributed by atoms with Gasteiger partial charge < -0.3 is 10.4 Å². The highest BCUT2D eigenvalue weighted by molar-refractivity contribution is 9.10. The molecule has 4 aromatic rings. The van der Waals surface area contributed by atoms with Gasteiger partial charge in [-0.2, -0.15) is 5.11 Å². The molecule has 0 bridgehead atoms. The van der Waals surface area contributed by atoms with E-state index in [0.717, 1.165) is 4.47 Å². The van der Waals surface area contributed by atoms with Gasteiger partial charge in [-0.15, -0.1) is 5.11 Å². The lowest BCUT2D eigenvalue weighted by atomic mass is 10.1. The van der Waals surface area contributed by atoms with E-state index in [1.807, 2.05) is 0 Å². The molecule has 9 nitrogen and oxygen atoms in total. The first-order valence-electron chi connectivity index (χ1n) is 11.2. The Labute approximate surface area is 228 Å². The minimum absolute atomic E-state index is 0.0663. The Morgan fingerprint density at radius 1 is 0.947 bits per heavy atom. The van der Waals surface area contributed by atoms with Gasteiger partial charge in [-0.3, -0.25) is 14.5 Å². The number of carbonyl (C=O) groups excluding carboxylic acids is 1. The molecule has 0 fully saturated rings. The molecular weight excluding hydrogens is 570 g/mol. The lowest BCUT2D eigenvalue weighted by Gasteiger charge is -2.11. The van der Waals surface area contributed by atoms with E-state index in [1.54, 1.807) is 79.9 Å². The Bertz CT molecular complexity index is 1610. The van der Waals surface area contributed by atoms with Crippen LogP contribution >= 0.6 is 15.9 Å². The third kappa shape index (κ3) is 6.69. The molecule has 38 heavy (non-hydrogen) atoms. The summed E-state index contributed by atoms with van der Waals surface area (Å²) in [5.74, 6) is -1.07. The van der Waals surface area contributed by atoms with Gasteiger partial charge in [0.1, 0.15) is 0 Å². The number of nitrogens with one attached hydrogen (secondary N) is 2. The van der Waals surface area contributed by atoms with Crippen LogP contribution in [-0.2, 0) is 14.8 Å². The van der Waals surface area contributed by atoms with Crippen molar-refractivity contribution >= 4 is 54.7 Å². The fourth-order valence-corrected chi connectivity index (χ4v) is 4.94. The maximum atomic E-state index is 13.0. The first-order valence-corrected chi connectivity index (χ1v) is 13.5. The molecule has 0 atom stereocenters. The molecule has 3 N–H and O–H groups in total. The van der Waals surface area contributed by atoms with Crippen LogP contribution in [-0.4, -0.2) is 24.4 Å². The zero-order valence-electron chi connectivity index (χ0n) is 20.0. The van der Waals surface area contributed by atoms with Crippen molar-refractivity contribution in [3.05, 3.63) is 119 Å². The third-order valence-corrected chi connectivity index (χ3v) is 7.29. The molecule has 0 saturated heterocycles. The summed E-state index contributed by atoms with van der Waals surface area (Å²) in [5, 5.41) is 21.6. The Morgan fingerprint density at radius 3 is 2.34 bits per heavy atom. The molecule has 0 saturated carbocycles. The zero-order valence-corrected chi connectivity index (χ0v) is 22.4. The maximum Gasteiger partial charge on any atom is 0.280 e. The number of amides is 1. The topological polar surface area (TPSA) is 133 Å². The van der Waals surface area contributed by atoms with Gasteiger partial charge in [0.2, 0.25) is 0 Å². The van der Waals surface area contributed by atoms with E-state index >= 15 is 0 Å². The SMILES string of the molecule is Cc1cc(N=N/C(C(=O)Nc2cccnc2)=C(\O)c2ccccc2)ccc1S(=O)(=O)Nc1ccc(Br)cc1. The van der Waals surface area contributed by atoms with Crippen molar-refractivity contribution < 1.29 is 18.3 Å². The smallest absolute Gasteiger partial charge is 0.280 e. The second-order valence-electron chi connectivity index (χ2n) is 8.02. The van der Waals surface area contributed by atoms with Gasteiger partial charge in [-0.25, -0.2) is 8.42 Å². The first-order chi connectivity index (χ1) is 18.2. The van der Waals surface area contributed by atoms with Gasteiger partial charge >= 0.3 is 0 Å². The number of halogens is 1. The predicted molar refractivity (Wildman–Crippen MR) is 150 cm³/mol. The number of nitrogens with zero attached hydrogens (tertiary/aromatic N) is 3. The molecular formula is C27H22BrN5O4S. The lowest BCUT2D eigenvalue weighted by molar-refractivity contribution is -0.112. The number of benzene rings is 3. The Kier molecular flexibility index (Phi) is 8.29. The van der Waals surface area contributed by atoms with Crippen LogP contribution in [0.15, 0.2) is 123 Å². The molecule has 4 rings (SSSR count). The molecule has 1 heterocycles. The van der Waals surface area contributed by atoms with E-state index in [-0.39, 0.29) is 22.0 Å². The van der Waals surface area contributed by atoms with Crippen LogP contribution in [0.5, 0.6) is 0 Å². The molecule has 1 aromatic heterocycles. The maximum absolute atomic E-state index is 13.0. The van der Waals surface area contributed by atoms with E-state index in [2.05, 4.69) is 41.2 Å². The molecule has 11 heteroatoms. The summed E-state index contributed by atoms with van der Waals surface area (Å²) in [6.07, 6.45) is 3.02. The van der Waals surface area contributed by atoms with Crippen molar-refractivity contribution in [2.75, 3.05) is 10.0 Å². The number of sulfonamides is 1. The van der Waals surface area contributed by atoms with Gasteiger partial charge in [0.05, 0.1) is 22.5 Å². The normalized spacial score (nSPS) is 12.2. The fraction of sp³-hybridized carbons (Fsp3) is 0.0370. The van der Waals surface area contributed by atoms with Crippen molar-refractivity contribution in [2.24, 2.45) is 10.2 Å². The molecule has 0 radical (unpaired) electrons. The van der Waals surface area contributed by atoms with E-state index in [0.29, 0.717) is 22.5 Å². The van der Waals surface area contributed by atoms with Crippen molar-refractivity contribution in [2.45, 2.75) is 11.8 Å². The van der Waals surface area contributed by atoms with Gasteiger partial charge in [0.25, 0.3) is 15.9 Å². The molecule has 1 amide bonds. The zero-order chi connectivity index (χ0) is 27.1. The van der Waals surface area contributed by atoms with Crippen LogP contribution in [0.2, 0.25) is 0 Å². The summed E-state index contributed by atoms with van der Waals surface area (Å²) in [5.41, 5.74) is 1.59. The highest BCUT2D eigenvalue weighted by Crippen LogP contribution is 2.26. The number of anilines is 2. The van der Waals surface area contributed by atoms with Crippen LogP contribution in [0.4, 0.5) is 17.1 Å². The standard InChI is InChI=1S/C27H22BrN5O4S/c1-18-16-22(13-14-24(18)38(36,37)33-21-11-9-20(28)10-12-21)31-32-25(26(34)19-6-3-2-4-7-19)27(35)30-23-8-5-15-29-17-23/h2-17,33-34H,1H3,(H,30,35)/b26-25-,32-31?. The summed E-state index contributed by atoms with van der Waals surface area (Å²) >= 11 is 3.32. The van der Waals surface area contributed by atoms with Crippen LogP contribution < -0.4 is 10.0 Å². The van der Waals surface area contributed by atoms with E-state index in [4.69, 9.17) is 0 Å². The summed E-state index contributed by atoms with van der Waals surface area (Å²) in [4.78, 5) is 17.0. The summed E-state index contributed by atoms with van der Waals surface area (Å²) < 4.78 is 29.2. The Morgan fingerprint density at radius 2 is 1.68 bits per heavy atom. The average Bonchev–Trinajstić information content (AvgIpc) is 2.91.